The van der Waals surface area contributed by atoms with E-state index in [0.29, 0.717) is 17.9 Å². The Kier molecular flexibility index (Phi) is 6.37. The molecule has 1 rings (SSSR count). The maximum atomic E-state index is 11.7. The van der Waals surface area contributed by atoms with Crippen LogP contribution in [0.4, 0.5) is 0 Å². The Morgan fingerprint density at radius 1 is 1.24 bits per heavy atom. The monoisotopic (exact) mass is 293 g/mol. The lowest BCUT2D eigenvalue weighted by Crippen LogP contribution is -2.41. The third kappa shape index (κ3) is 4.56. The zero-order chi connectivity index (χ0) is 16.0. The Labute approximate surface area is 125 Å². The first-order chi connectivity index (χ1) is 9.90. The lowest BCUT2D eigenvalue weighted by molar-refractivity contribution is -0.144. The molecule has 0 saturated carbocycles. The molecule has 0 aliphatic carbocycles. The number of ether oxygens (including phenoxy) is 2. The molecule has 1 aromatic carbocycles. The van der Waals surface area contributed by atoms with Crippen LogP contribution in [0.3, 0.4) is 0 Å². The van der Waals surface area contributed by atoms with Gasteiger partial charge in [0.15, 0.2) is 5.78 Å². The first kappa shape index (κ1) is 17.2. The molecule has 5 nitrogen and oxygen atoms in total. The number of rotatable bonds is 7. The van der Waals surface area contributed by atoms with E-state index < -0.39 is 6.04 Å². The van der Waals surface area contributed by atoms with Gasteiger partial charge in [-0.1, -0.05) is 13.8 Å². The fourth-order valence-electron chi connectivity index (χ4n) is 2.07. The number of ketones is 1. The first-order valence-corrected chi connectivity index (χ1v) is 6.89. The van der Waals surface area contributed by atoms with Crippen molar-refractivity contribution < 1.29 is 19.1 Å². The van der Waals surface area contributed by atoms with Gasteiger partial charge < -0.3 is 9.47 Å². The fourth-order valence-corrected chi connectivity index (χ4v) is 2.07. The smallest absolute Gasteiger partial charge is 0.323 e. The SMILES string of the molecule is COC(=O)C(NCc1cc(C(C)=O)ccc1OC)C(C)C. The zero-order valence-electron chi connectivity index (χ0n) is 13.2. The van der Waals surface area contributed by atoms with Crippen molar-refractivity contribution in [2.75, 3.05) is 14.2 Å². The molecule has 0 aliphatic heterocycles. The van der Waals surface area contributed by atoms with E-state index >= 15 is 0 Å². The molecule has 21 heavy (non-hydrogen) atoms. The van der Waals surface area contributed by atoms with Crippen molar-refractivity contribution >= 4 is 11.8 Å². The molecule has 0 bridgehead atoms. The van der Waals surface area contributed by atoms with Gasteiger partial charge in [-0.25, -0.2) is 0 Å². The molecule has 1 aromatic rings. The van der Waals surface area contributed by atoms with Crippen molar-refractivity contribution in [3.05, 3.63) is 29.3 Å². The van der Waals surface area contributed by atoms with Gasteiger partial charge in [-0.05, 0) is 31.0 Å². The van der Waals surface area contributed by atoms with Gasteiger partial charge in [0.25, 0.3) is 0 Å². The number of hydrogen-bond acceptors (Lipinski definition) is 5. The van der Waals surface area contributed by atoms with E-state index in [9.17, 15) is 9.59 Å². The standard InChI is InChI=1S/C16H23NO4/c1-10(2)15(16(19)21-5)17-9-13-8-12(11(3)18)6-7-14(13)20-4/h6-8,10,15,17H,9H2,1-5H3. The average Bonchev–Trinajstić information content (AvgIpc) is 2.46. The molecule has 0 fully saturated rings. The number of Topliss-reactive ketones (excluding diaryl/α,β-unsaturated/α-hetero) is 1. The molecule has 0 aromatic heterocycles. The number of carbonyl (C=O) groups is 2. The van der Waals surface area contributed by atoms with Crippen molar-refractivity contribution in [3.63, 3.8) is 0 Å². The van der Waals surface area contributed by atoms with Gasteiger partial charge in [0.05, 0.1) is 14.2 Å². The van der Waals surface area contributed by atoms with Crippen molar-refractivity contribution in [3.8, 4) is 5.75 Å². The maximum absolute atomic E-state index is 11.7. The molecule has 0 radical (unpaired) electrons. The third-order valence-electron chi connectivity index (χ3n) is 3.32. The highest BCUT2D eigenvalue weighted by molar-refractivity contribution is 5.94. The lowest BCUT2D eigenvalue weighted by atomic mass is 10.0. The summed E-state index contributed by atoms with van der Waals surface area (Å²) in [6.45, 7) is 5.82. The summed E-state index contributed by atoms with van der Waals surface area (Å²) in [4.78, 5) is 23.2. The van der Waals surface area contributed by atoms with Crippen molar-refractivity contribution in [2.45, 2.75) is 33.4 Å². The third-order valence-corrected chi connectivity index (χ3v) is 3.32. The normalized spacial score (nSPS) is 12.1. The van der Waals surface area contributed by atoms with Crippen LogP contribution in [0.1, 0.15) is 36.7 Å². The van der Waals surface area contributed by atoms with E-state index in [2.05, 4.69) is 5.32 Å². The molecular weight excluding hydrogens is 270 g/mol. The molecule has 0 saturated heterocycles. The minimum atomic E-state index is -0.402. The highest BCUT2D eigenvalue weighted by Crippen LogP contribution is 2.20. The van der Waals surface area contributed by atoms with E-state index in [1.807, 2.05) is 13.8 Å². The first-order valence-electron chi connectivity index (χ1n) is 6.89. The Bertz CT molecular complexity index is 511. The van der Waals surface area contributed by atoms with Crippen LogP contribution in [-0.2, 0) is 16.1 Å². The van der Waals surface area contributed by atoms with E-state index in [1.54, 1.807) is 25.3 Å². The quantitative estimate of drug-likeness (QED) is 0.616. The van der Waals surface area contributed by atoms with Gasteiger partial charge in [0, 0.05) is 17.7 Å². The second-order valence-corrected chi connectivity index (χ2v) is 5.21. The van der Waals surface area contributed by atoms with Crippen LogP contribution < -0.4 is 10.1 Å². The highest BCUT2D eigenvalue weighted by Gasteiger charge is 2.22. The number of hydrogen-bond donors (Lipinski definition) is 1. The summed E-state index contributed by atoms with van der Waals surface area (Å²) in [5.41, 5.74) is 1.45. The number of carbonyl (C=O) groups excluding carboxylic acids is 2. The molecule has 116 valence electrons. The number of esters is 1. The van der Waals surface area contributed by atoms with Gasteiger partial charge in [0.1, 0.15) is 11.8 Å². The number of nitrogens with one attached hydrogen (secondary N) is 1. The maximum Gasteiger partial charge on any atom is 0.323 e. The summed E-state index contributed by atoms with van der Waals surface area (Å²) in [6, 6.07) is 4.87. The van der Waals surface area contributed by atoms with Crippen LogP contribution in [0.15, 0.2) is 18.2 Å². The Balaban J connectivity index is 2.92. The molecule has 0 aliphatic rings. The summed E-state index contributed by atoms with van der Waals surface area (Å²) in [5.74, 6) is 0.471. The largest absolute Gasteiger partial charge is 0.496 e. The van der Waals surface area contributed by atoms with Gasteiger partial charge in [-0.2, -0.15) is 0 Å². The molecule has 1 N–H and O–H groups in total. The summed E-state index contributed by atoms with van der Waals surface area (Å²) in [5, 5.41) is 3.16. The van der Waals surface area contributed by atoms with E-state index in [-0.39, 0.29) is 17.7 Å². The Morgan fingerprint density at radius 3 is 2.38 bits per heavy atom. The van der Waals surface area contributed by atoms with Gasteiger partial charge in [-0.15, -0.1) is 0 Å². The van der Waals surface area contributed by atoms with Gasteiger partial charge >= 0.3 is 5.97 Å². The molecule has 0 amide bonds. The fraction of sp³-hybridized carbons (Fsp3) is 0.500. The average molecular weight is 293 g/mol. The Morgan fingerprint density at radius 2 is 1.90 bits per heavy atom. The molecule has 0 heterocycles. The molecule has 5 heteroatoms. The lowest BCUT2D eigenvalue weighted by Gasteiger charge is -2.20. The predicted octanol–water partition coefficient (Wildman–Crippen LogP) is 2.18. The number of methoxy groups -OCH3 is 2. The van der Waals surface area contributed by atoms with Gasteiger partial charge in [0.2, 0.25) is 0 Å². The minimum Gasteiger partial charge on any atom is -0.496 e. The van der Waals surface area contributed by atoms with Crippen LogP contribution in [-0.4, -0.2) is 32.0 Å². The second kappa shape index (κ2) is 7.78. The molecule has 1 atom stereocenters. The Hall–Kier alpha value is -1.88. The molecular formula is C16H23NO4. The van der Waals surface area contributed by atoms with Crippen molar-refractivity contribution in [1.82, 2.24) is 5.32 Å². The summed E-state index contributed by atoms with van der Waals surface area (Å²) in [6.07, 6.45) is 0. The summed E-state index contributed by atoms with van der Waals surface area (Å²) >= 11 is 0. The second-order valence-electron chi connectivity index (χ2n) is 5.21. The van der Waals surface area contributed by atoms with Crippen LogP contribution in [0.25, 0.3) is 0 Å². The van der Waals surface area contributed by atoms with E-state index in [1.165, 1.54) is 14.0 Å². The van der Waals surface area contributed by atoms with Crippen molar-refractivity contribution in [1.29, 1.82) is 0 Å². The zero-order valence-corrected chi connectivity index (χ0v) is 13.2. The summed E-state index contributed by atoms with van der Waals surface area (Å²) in [7, 11) is 2.95. The molecule has 0 spiro atoms. The van der Waals surface area contributed by atoms with Gasteiger partial charge in [-0.3, -0.25) is 14.9 Å². The topological polar surface area (TPSA) is 64.6 Å². The van der Waals surface area contributed by atoms with Crippen LogP contribution in [0.5, 0.6) is 5.75 Å². The minimum absolute atomic E-state index is 0.00715. The van der Waals surface area contributed by atoms with E-state index in [0.717, 1.165) is 5.56 Å². The molecule has 1 unspecified atom stereocenters. The van der Waals surface area contributed by atoms with Crippen LogP contribution in [0.2, 0.25) is 0 Å². The number of benzene rings is 1. The van der Waals surface area contributed by atoms with E-state index in [4.69, 9.17) is 9.47 Å². The van der Waals surface area contributed by atoms with Crippen LogP contribution >= 0.6 is 0 Å². The van der Waals surface area contributed by atoms with Crippen LogP contribution in [0, 0.1) is 5.92 Å². The highest BCUT2D eigenvalue weighted by atomic mass is 16.5. The summed E-state index contributed by atoms with van der Waals surface area (Å²) < 4.78 is 10.1. The predicted molar refractivity (Wildman–Crippen MR) is 80.5 cm³/mol. The van der Waals surface area contributed by atoms with Crippen molar-refractivity contribution in [2.24, 2.45) is 5.92 Å².